The van der Waals surface area contributed by atoms with Crippen LogP contribution in [0.5, 0.6) is 0 Å². The largest absolute Gasteiger partial charge is 0.324 e. The number of hydrogen-bond acceptors (Lipinski definition) is 2. The van der Waals surface area contributed by atoms with Crippen molar-refractivity contribution in [2.45, 2.75) is 6.42 Å². The third-order valence-electron chi connectivity index (χ3n) is 0.785. The van der Waals surface area contributed by atoms with Gasteiger partial charge in [-0.25, -0.2) is 0 Å². The van der Waals surface area contributed by atoms with Crippen molar-refractivity contribution in [2.75, 3.05) is 19.5 Å². The van der Waals surface area contributed by atoms with E-state index in [4.69, 9.17) is 0 Å². The van der Waals surface area contributed by atoms with Crippen LogP contribution in [0.3, 0.4) is 0 Å². The molecule has 0 saturated heterocycles. The summed E-state index contributed by atoms with van der Waals surface area (Å²) in [6, 6.07) is 0. The Kier molecular flexibility index (Phi) is 2.99. The predicted octanol–water partition coefficient (Wildman–Crippen LogP) is 1.20. The quantitative estimate of drug-likeness (QED) is 0.429. The molecule has 0 aliphatic heterocycles. The SMILES string of the molecule is CP(C)(=O)CCC=O. The van der Waals surface area contributed by atoms with Gasteiger partial charge in [0.15, 0.2) is 0 Å². The molecule has 0 spiro atoms. The van der Waals surface area contributed by atoms with Crippen LogP contribution in [-0.2, 0) is 9.36 Å². The Balaban J connectivity index is 3.40. The van der Waals surface area contributed by atoms with Crippen LogP contribution in [0.25, 0.3) is 0 Å². The van der Waals surface area contributed by atoms with E-state index in [0.717, 1.165) is 6.29 Å². The first-order valence-corrected chi connectivity index (χ1v) is 5.32. The van der Waals surface area contributed by atoms with Gasteiger partial charge in [-0.15, -0.1) is 0 Å². The first-order chi connectivity index (χ1) is 3.56. The summed E-state index contributed by atoms with van der Waals surface area (Å²) in [6.45, 7) is 3.38. The van der Waals surface area contributed by atoms with Crippen LogP contribution in [0.1, 0.15) is 6.42 Å². The van der Waals surface area contributed by atoms with Gasteiger partial charge in [0.1, 0.15) is 6.29 Å². The lowest BCUT2D eigenvalue weighted by atomic mass is 10.6. The third-order valence-corrected chi connectivity index (χ3v) is 2.12. The molecule has 0 aliphatic rings. The molecule has 0 amide bonds. The molecule has 0 radical (unpaired) electrons. The summed E-state index contributed by atoms with van der Waals surface area (Å²) >= 11 is 0. The highest BCUT2D eigenvalue weighted by Crippen LogP contribution is 2.35. The second-order valence-corrected chi connectivity index (χ2v) is 5.85. The number of rotatable bonds is 3. The number of carbonyl (C=O) groups excluding carboxylic acids is 1. The maximum Gasteiger partial charge on any atom is 0.120 e. The Hall–Kier alpha value is -0.100. The fourth-order valence-electron chi connectivity index (χ4n) is 0.364. The van der Waals surface area contributed by atoms with Crippen LogP contribution >= 0.6 is 7.14 Å². The van der Waals surface area contributed by atoms with E-state index in [1.54, 1.807) is 13.3 Å². The zero-order chi connectivity index (χ0) is 6.62. The maximum atomic E-state index is 10.8. The van der Waals surface area contributed by atoms with Crippen LogP contribution < -0.4 is 0 Å². The lowest BCUT2D eigenvalue weighted by molar-refractivity contribution is -0.107. The van der Waals surface area contributed by atoms with Crippen LogP contribution in [0.2, 0.25) is 0 Å². The molecule has 2 nitrogen and oxygen atoms in total. The van der Waals surface area contributed by atoms with Crippen molar-refractivity contribution in [1.29, 1.82) is 0 Å². The summed E-state index contributed by atoms with van der Waals surface area (Å²) in [5, 5.41) is 0. The van der Waals surface area contributed by atoms with Gasteiger partial charge >= 0.3 is 0 Å². The lowest BCUT2D eigenvalue weighted by Gasteiger charge is -1.99. The summed E-state index contributed by atoms with van der Waals surface area (Å²) in [4.78, 5) is 9.73. The molecule has 0 rings (SSSR count). The minimum absolute atomic E-state index is 0.435. The van der Waals surface area contributed by atoms with Crippen molar-refractivity contribution in [2.24, 2.45) is 0 Å². The summed E-state index contributed by atoms with van der Waals surface area (Å²) in [6.07, 6.45) is 1.79. The minimum atomic E-state index is -1.91. The van der Waals surface area contributed by atoms with Gasteiger partial charge in [0, 0.05) is 12.6 Å². The van der Waals surface area contributed by atoms with E-state index in [1.165, 1.54) is 0 Å². The average molecular weight is 134 g/mol. The molecule has 0 aromatic carbocycles. The molecule has 8 heavy (non-hydrogen) atoms. The van der Waals surface area contributed by atoms with E-state index in [-0.39, 0.29) is 0 Å². The van der Waals surface area contributed by atoms with E-state index < -0.39 is 7.14 Å². The van der Waals surface area contributed by atoms with Crippen LogP contribution in [0.4, 0.5) is 0 Å². The molecule has 0 unspecified atom stereocenters. The molecule has 0 bridgehead atoms. The first-order valence-electron chi connectivity index (χ1n) is 2.54. The molecule has 0 aromatic heterocycles. The van der Waals surface area contributed by atoms with Gasteiger partial charge in [-0.1, -0.05) is 0 Å². The Labute approximate surface area is 49.7 Å². The van der Waals surface area contributed by atoms with Gasteiger partial charge in [-0.05, 0) is 13.3 Å². The van der Waals surface area contributed by atoms with Crippen LogP contribution in [-0.4, -0.2) is 25.8 Å². The topological polar surface area (TPSA) is 34.1 Å². The molecule has 0 aliphatic carbocycles. The standard InChI is InChI=1S/C5H11O2P/c1-8(2,7)5-3-4-6/h4H,3,5H2,1-2H3. The fraction of sp³-hybridized carbons (Fsp3) is 0.800. The zero-order valence-electron chi connectivity index (χ0n) is 5.26. The monoisotopic (exact) mass is 134 g/mol. The van der Waals surface area contributed by atoms with Crippen molar-refractivity contribution in [1.82, 2.24) is 0 Å². The first kappa shape index (κ1) is 7.90. The highest BCUT2D eigenvalue weighted by Gasteiger charge is 2.03. The van der Waals surface area contributed by atoms with Crippen molar-refractivity contribution in [3.63, 3.8) is 0 Å². The van der Waals surface area contributed by atoms with Crippen molar-refractivity contribution in [3.05, 3.63) is 0 Å². The van der Waals surface area contributed by atoms with Crippen molar-refractivity contribution < 1.29 is 9.36 Å². The van der Waals surface area contributed by atoms with Crippen LogP contribution in [0.15, 0.2) is 0 Å². The number of aldehydes is 1. The summed E-state index contributed by atoms with van der Waals surface area (Å²) in [5.74, 6) is 0. The van der Waals surface area contributed by atoms with E-state index in [9.17, 15) is 9.36 Å². The van der Waals surface area contributed by atoms with Crippen molar-refractivity contribution in [3.8, 4) is 0 Å². The maximum absolute atomic E-state index is 10.8. The Bertz CT molecular complexity index is 114. The minimum Gasteiger partial charge on any atom is -0.324 e. The molecular formula is C5H11O2P. The third kappa shape index (κ3) is 5.90. The van der Waals surface area contributed by atoms with Gasteiger partial charge in [-0.2, -0.15) is 0 Å². The lowest BCUT2D eigenvalue weighted by Crippen LogP contribution is -1.85. The van der Waals surface area contributed by atoms with E-state index in [2.05, 4.69) is 0 Å². The highest BCUT2D eigenvalue weighted by molar-refractivity contribution is 7.62. The second kappa shape index (κ2) is 3.03. The number of carbonyl (C=O) groups is 1. The van der Waals surface area contributed by atoms with Gasteiger partial charge < -0.3 is 9.36 Å². The molecule has 0 fully saturated rings. The zero-order valence-corrected chi connectivity index (χ0v) is 6.15. The predicted molar refractivity (Wildman–Crippen MR) is 35.0 cm³/mol. The molecule has 0 N–H and O–H groups in total. The van der Waals surface area contributed by atoms with Crippen LogP contribution in [0, 0.1) is 0 Å². The fourth-order valence-corrected chi connectivity index (χ4v) is 1.09. The van der Waals surface area contributed by atoms with E-state index in [0.29, 0.717) is 12.6 Å². The molecule has 0 atom stereocenters. The molecule has 48 valence electrons. The Morgan fingerprint density at radius 3 is 2.12 bits per heavy atom. The Morgan fingerprint density at radius 1 is 1.50 bits per heavy atom. The summed E-state index contributed by atoms with van der Waals surface area (Å²) in [5.41, 5.74) is 0. The van der Waals surface area contributed by atoms with E-state index >= 15 is 0 Å². The smallest absolute Gasteiger partial charge is 0.120 e. The summed E-state index contributed by atoms with van der Waals surface area (Å²) < 4.78 is 10.8. The summed E-state index contributed by atoms with van der Waals surface area (Å²) in [7, 11) is -1.91. The average Bonchev–Trinajstić information content (AvgIpc) is 1.59. The van der Waals surface area contributed by atoms with E-state index in [1.807, 2.05) is 0 Å². The molecular weight excluding hydrogens is 123 g/mol. The molecule has 0 saturated carbocycles. The van der Waals surface area contributed by atoms with Gasteiger partial charge in [0.2, 0.25) is 0 Å². The molecule has 0 aromatic rings. The Morgan fingerprint density at radius 2 is 2.00 bits per heavy atom. The van der Waals surface area contributed by atoms with Gasteiger partial charge in [0.25, 0.3) is 0 Å². The second-order valence-electron chi connectivity index (χ2n) is 2.25. The van der Waals surface area contributed by atoms with Gasteiger partial charge in [-0.3, -0.25) is 0 Å². The normalized spacial score (nSPS) is 11.2. The molecule has 0 heterocycles. The molecule has 3 heteroatoms. The van der Waals surface area contributed by atoms with Gasteiger partial charge in [0.05, 0.1) is 7.14 Å². The highest BCUT2D eigenvalue weighted by atomic mass is 31.2. The van der Waals surface area contributed by atoms with Crippen molar-refractivity contribution >= 4 is 13.4 Å². The number of hydrogen-bond donors (Lipinski definition) is 0.